The molecule has 1 aromatic heterocycles. The number of anilines is 2. The Labute approximate surface area is 120 Å². The summed E-state index contributed by atoms with van der Waals surface area (Å²) in [7, 11) is 0. The number of nitrogens with one attached hydrogen (secondary N) is 2. The van der Waals surface area contributed by atoms with Crippen molar-refractivity contribution in [2.75, 3.05) is 17.7 Å². The summed E-state index contributed by atoms with van der Waals surface area (Å²) in [5.41, 5.74) is 6.28. The van der Waals surface area contributed by atoms with Crippen LogP contribution in [-0.4, -0.2) is 29.6 Å². The minimum absolute atomic E-state index is 0.0744. The van der Waals surface area contributed by atoms with Crippen molar-refractivity contribution in [3.63, 3.8) is 0 Å². The van der Waals surface area contributed by atoms with Gasteiger partial charge < -0.3 is 21.1 Å². The van der Waals surface area contributed by atoms with Crippen LogP contribution in [0.3, 0.4) is 0 Å². The molecule has 1 amide bonds. The van der Waals surface area contributed by atoms with Gasteiger partial charge in [-0.1, -0.05) is 6.92 Å². The van der Waals surface area contributed by atoms with E-state index in [0.717, 1.165) is 6.42 Å². The number of rotatable bonds is 7. The number of aromatic nitrogens is 1. The number of nitrogens with two attached hydrogens (primary N) is 1. The van der Waals surface area contributed by atoms with Crippen molar-refractivity contribution in [2.45, 2.75) is 46.2 Å². The second kappa shape index (κ2) is 7.57. The number of nitrogens with zero attached hydrogens (tertiary/aromatic N) is 1. The zero-order valence-electron chi connectivity index (χ0n) is 12.6. The molecule has 20 heavy (non-hydrogen) atoms. The number of amides is 1. The first-order valence-electron chi connectivity index (χ1n) is 6.90. The van der Waals surface area contributed by atoms with Gasteiger partial charge in [0.05, 0.1) is 12.3 Å². The fourth-order valence-electron chi connectivity index (χ4n) is 1.54. The van der Waals surface area contributed by atoms with Gasteiger partial charge in [0.1, 0.15) is 11.9 Å². The predicted molar refractivity (Wildman–Crippen MR) is 80.8 cm³/mol. The van der Waals surface area contributed by atoms with Crippen LogP contribution in [0.1, 0.15) is 34.1 Å². The molecule has 0 fully saturated rings. The normalized spacial score (nSPS) is 12.1. The molecule has 1 heterocycles. The standard InChI is InChI=1S/C14H24N4O2/c1-5-8-20-14-11(15)6-7-12(18-14)17-10(4)13(19)16-9(2)3/h6-7,9-10H,5,8,15H2,1-4H3,(H,16,19)(H,17,18). The summed E-state index contributed by atoms with van der Waals surface area (Å²) in [6, 6.07) is 3.17. The predicted octanol–water partition coefficient (Wildman–Crippen LogP) is 1.78. The molecule has 6 heteroatoms. The average molecular weight is 280 g/mol. The summed E-state index contributed by atoms with van der Waals surface area (Å²) in [6.45, 7) is 8.19. The molecule has 0 aliphatic rings. The number of nitrogen functional groups attached to an aromatic ring is 1. The first-order valence-corrected chi connectivity index (χ1v) is 6.90. The van der Waals surface area contributed by atoms with Crippen LogP contribution in [0.15, 0.2) is 12.1 Å². The van der Waals surface area contributed by atoms with Crippen LogP contribution in [-0.2, 0) is 4.79 Å². The molecule has 0 aliphatic heterocycles. The monoisotopic (exact) mass is 280 g/mol. The molecule has 0 saturated heterocycles. The summed E-state index contributed by atoms with van der Waals surface area (Å²) in [5.74, 6) is 0.889. The van der Waals surface area contributed by atoms with E-state index in [2.05, 4.69) is 15.6 Å². The second-order valence-corrected chi connectivity index (χ2v) is 4.97. The molecule has 0 aromatic carbocycles. The third-order valence-electron chi connectivity index (χ3n) is 2.52. The van der Waals surface area contributed by atoms with Crippen molar-refractivity contribution >= 4 is 17.4 Å². The molecule has 1 unspecified atom stereocenters. The maximum atomic E-state index is 11.8. The van der Waals surface area contributed by atoms with Gasteiger partial charge in [0, 0.05) is 6.04 Å². The van der Waals surface area contributed by atoms with Gasteiger partial charge in [0.25, 0.3) is 0 Å². The fraction of sp³-hybridized carbons (Fsp3) is 0.571. The zero-order valence-corrected chi connectivity index (χ0v) is 12.6. The van der Waals surface area contributed by atoms with Gasteiger partial charge in [-0.3, -0.25) is 4.79 Å². The number of hydrogen-bond donors (Lipinski definition) is 3. The Kier molecular flexibility index (Phi) is 6.09. The third kappa shape index (κ3) is 4.95. The molecule has 112 valence electrons. The van der Waals surface area contributed by atoms with Gasteiger partial charge in [-0.25, -0.2) is 0 Å². The quantitative estimate of drug-likeness (QED) is 0.708. The first kappa shape index (κ1) is 16.1. The summed E-state index contributed by atoms with van der Waals surface area (Å²) in [4.78, 5) is 16.1. The smallest absolute Gasteiger partial charge is 0.242 e. The summed E-state index contributed by atoms with van der Waals surface area (Å²) in [6.07, 6.45) is 0.881. The minimum atomic E-state index is -0.382. The van der Waals surface area contributed by atoms with Crippen LogP contribution in [0.5, 0.6) is 5.88 Å². The Balaban J connectivity index is 2.69. The highest BCUT2D eigenvalue weighted by Gasteiger charge is 2.14. The van der Waals surface area contributed by atoms with Crippen LogP contribution < -0.4 is 21.1 Å². The highest BCUT2D eigenvalue weighted by Crippen LogP contribution is 2.21. The molecule has 0 radical (unpaired) electrons. The molecule has 1 aromatic rings. The van der Waals surface area contributed by atoms with Crippen LogP contribution >= 0.6 is 0 Å². The van der Waals surface area contributed by atoms with Gasteiger partial charge in [-0.15, -0.1) is 0 Å². The van der Waals surface area contributed by atoms with Gasteiger partial charge in [-0.05, 0) is 39.3 Å². The highest BCUT2D eigenvalue weighted by molar-refractivity contribution is 5.84. The molecule has 0 bridgehead atoms. The Morgan fingerprint density at radius 1 is 1.40 bits per heavy atom. The van der Waals surface area contributed by atoms with E-state index < -0.39 is 0 Å². The van der Waals surface area contributed by atoms with Crippen molar-refractivity contribution < 1.29 is 9.53 Å². The van der Waals surface area contributed by atoms with Crippen LogP contribution in [0.4, 0.5) is 11.5 Å². The molecular weight excluding hydrogens is 256 g/mol. The van der Waals surface area contributed by atoms with E-state index in [1.54, 1.807) is 19.1 Å². The molecule has 1 rings (SSSR count). The highest BCUT2D eigenvalue weighted by atomic mass is 16.5. The Morgan fingerprint density at radius 3 is 2.70 bits per heavy atom. The number of ether oxygens (including phenoxy) is 1. The first-order chi connectivity index (χ1) is 9.43. The van der Waals surface area contributed by atoms with E-state index in [9.17, 15) is 4.79 Å². The van der Waals surface area contributed by atoms with Gasteiger partial charge in [0.2, 0.25) is 11.8 Å². The summed E-state index contributed by atoms with van der Waals surface area (Å²) < 4.78 is 5.46. The third-order valence-corrected chi connectivity index (χ3v) is 2.52. The van der Waals surface area contributed by atoms with Crippen LogP contribution in [0, 0.1) is 0 Å². The number of carbonyl (C=O) groups excluding carboxylic acids is 1. The van der Waals surface area contributed by atoms with E-state index >= 15 is 0 Å². The van der Waals surface area contributed by atoms with E-state index in [-0.39, 0.29) is 18.0 Å². The lowest BCUT2D eigenvalue weighted by Gasteiger charge is -2.17. The average Bonchev–Trinajstić information content (AvgIpc) is 2.38. The fourth-order valence-corrected chi connectivity index (χ4v) is 1.54. The maximum absolute atomic E-state index is 11.8. The van der Waals surface area contributed by atoms with E-state index in [4.69, 9.17) is 10.5 Å². The molecule has 0 aliphatic carbocycles. The maximum Gasteiger partial charge on any atom is 0.242 e. The van der Waals surface area contributed by atoms with Gasteiger partial charge >= 0.3 is 0 Å². The van der Waals surface area contributed by atoms with Crippen molar-refractivity contribution in [2.24, 2.45) is 0 Å². The molecule has 0 spiro atoms. The molecule has 4 N–H and O–H groups in total. The minimum Gasteiger partial charge on any atom is -0.476 e. The second-order valence-electron chi connectivity index (χ2n) is 4.97. The lowest BCUT2D eigenvalue weighted by Crippen LogP contribution is -2.41. The summed E-state index contributed by atoms with van der Waals surface area (Å²) in [5, 5.41) is 5.87. The number of pyridine rings is 1. The summed E-state index contributed by atoms with van der Waals surface area (Å²) >= 11 is 0. The molecule has 0 saturated carbocycles. The van der Waals surface area contributed by atoms with Crippen LogP contribution in [0.2, 0.25) is 0 Å². The van der Waals surface area contributed by atoms with Crippen LogP contribution in [0.25, 0.3) is 0 Å². The molecule has 6 nitrogen and oxygen atoms in total. The van der Waals surface area contributed by atoms with E-state index in [1.165, 1.54) is 0 Å². The zero-order chi connectivity index (χ0) is 15.1. The number of carbonyl (C=O) groups is 1. The largest absolute Gasteiger partial charge is 0.476 e. The Bertz CT molecular complexity index is 449. The molecule has 1 atom stereocenters. The van der Waals surface area contributed by atoms with Crippen molar-refractivity contribution in [1.82, 2.24) is 10.3 Å². The molecular formula is C14H24N4O2. The van der Waals surface area contributed by atoms with E-state index in [1.807, 2.05) is 20.8 Å². The van der Waals surface area contributed by atoms with Gasteiger partial charge in [0.15, 0.2) is 0 Å². The van der Waals surface area contributed by atoms with Crippen molar-refractivity contribution in [1.29, 1.82) is 0 Å². The van der Waals surface area contributed by atoms with Gasteiger partial charge in [-0.2, -0.15) is 4.98 Å². The Morgan fingerprint density at radius 2 is 2.10 bits per heavy atom. The van der Waals surface area contributed by atoms with Crippen molar-refractivity contribution in [3.8, 4) is 5.88 Å². The SMILES string of the molecule is CCCOc1nc(NC(C)C(=O)NC(C)C)ccc1N. The lowest BCUT2D eigenvalue weighted by molar-refractivity contribution is -0.122. The topological polar surface area (TPSA) is 89.3 Å². The number of hydrogen-bond acceptors (Lipinski definition) is 5. The lowest BCUT2D eigenvalue weighted by atomic mass is 10.2. The van der Waals surface area contributed by atoms with Crippen molar-refractivity contribution in [3.05, 3.63) is 12.1 Å². The Hall–Kier alpha value is -1.98. The van der Waals surface area contributed by atoms with E-state index in [0.29, 0.717) is 24.0 Å².